The first-order valence-corrected chi connectivity index (χ1v) is 8.13. The average Bonchev–Trinajstić information content (AvgIpc) is 3.03. The van der Waals surface area contributed by atoms with E-state index in [1.165, 1.54) is 10.4 Å². The predicted octanol–water partition coefficient (Wildman–Crippen LogP) is 3.37. The molecule has 0 atom stereocenters. The predicted molar refractivity (Wildman–Crippen MR) is 90.0 cm³/mol. The number of imidazole rings is 1. The van der Waals surface area contributed by atoms with Gasteiger partial charge in [-0.2, -0.15) is 0 Å². The van der Waals surface area contributed by atoms with Crippen LogP contribution in [0.4, 0.5) is 0 Å². The van der Waals surface area contributed by atoms with Crippen molar-refractivity contribution in [3.8, 4) is 0 Å². The number of aromatic nitrogens is 2. The molecule has 0 spiro atoms. The average molecular weight is 313 g/mol. The molecule has 1 aromatic carbocycles. The fourth-order valence-corrected chi connectivity index (χ4v) is 3.48. The van der Waals surface area contributed by atoms with Crippen molar-refractivity contribution in [1.82, 2.24) is 14.5 Å². The molecule has 3 rings (SSSR count). The van der Waals surface area contributed by atoms with Crippen LogP contribution >= 0.6 is 11.3 Å². The Hall–Kier alpha value is -2.14. The van der Waals surface area contributed by atoms with Gasteiger partial charge in [-0.3, -0.25) is 4.79 Å². The van der Waals surface area contributed by atoms with Crippen LogP contribution in [0, 0.1) is 13.8 Å². The van der Waals surface area contributed by atoms with E-state index in [4.69, 9.17) is 0 Å². The number of para-hydroxylation sites is 2. The normalized spacial score (nSPS) is 11.0. The molecular formula is C17H19N3OS. The van der Waals surface area contributed by atoms with Crippen molar-refractivity contribution >= 4 is 28.3 Å². The van der Waals surface area contributed by atoms with Crippen molar-refractivity contribution in [2.45, 2.75) is 26.9 Å². The molecule has 2 heterocycles. The largest absolute Gasteiger partial charge is 0.339 e. The lowest BCUT2D eigenvalue weighted by Gasteiger charge is -2.18. The van der Waals surface area contributed by atoms with Crippen LogP contribution in [-0.2, 0) is 17.9 Å². The summed E-state index contributed by atoms with van der Waals surface area (Å²) in [6.07, 6.45) is 0. The van der Waals surface area contributed by atoms with Gasteiger partial charge in [-0.25, -0.2) is 4.98 Å². The molecule has 0 N–H and O–H groups in total. The van der Waals surface area contributed by atoms with Crippen molar-refractivity contribution in [2.24, 2.45) is 0 Å². The molecule has 0 unspecified atom stereocenters. The second kappa shape index (κ2) is 5.93. The Morgan fingerprint density at radius 1 is 1.27 bits per heavy atom. The summed E-state index contributed by atoms with van der Waals surface area (Å²) in [6.45, 7) is 5.01. The monoisotopic (exact) mass is 313 g/mol. The molecule has 0 aliphatic rings. The van der Waals surface area contributed by atoms with Gasteiger partial charge in [-0.05, 0) is 43.0 Å². The summed E-state index contributed by atoms with van der Waals surface area (Å²) in [4.78, 5) is 20.1. The first kappa shape index (κ1) is 14.8. The number of fused-ring (bicyclic) bond motifs is 1. The molecule has 114 valence electrons. The Bertz CT molecular complexity index is 818. The van der Waals surface area contributed by atoms with Gasteiger partial charge in [0.25, 0.3) is 0 Å². The number of thiophene rings is 1. The van der Waals surface area contributed by atoms with Crippen molar-refractivity contribution in [3.05, 3.63) is 52.0 Å². The third-order valence-electron chi connectivity index (χ3n) is 3.91. The summed E-state index contributed by atoms with van der Waals surface area (Å²) in [7, 11) is 1.86. The highest BCUT2D eigenvalue weighted by Crippen LogP contribution is 2.19. The van der Waals surface area contributed by atoms with Crippen LogP contribution in [-0.4, -0.2) is 27.4 Å². The molecule has 0 saturated carbocycles. The van der Waals surface area contributed by atoms with Gasteiger partial charge in [-0.1, -0.05) is 12.1 Å². The van der Waals surface area contributed by atoms with E-state index in [-0.39, 0.29) is 5.91 Å². The van der Waals surface area contributed by atoms with Crippen LogP contribution in [0.1, 0.15) is 16.3 Å². The van der Waals surface area contributed by atoms with Gasteiger partial charge in [0.2, 0.25) is 5.91 Å². The van der Waals surface area contributed by atoms with Gasteiger partial charge >= 0.3 is 0 Å². The van der Waals surface area contributed by atoms with Gasteiger partial charge in [0.05, 0.1) is 17.6 Å². The van der Waals surface area contributed by atoms with Crippen molar-refractivity contribution in [3.63, 3.8) is 0 Å². The zero-order valence-electron chi connectivity index (χ0n) is 13.0. The van der Waals surface area contributed by atoms with Crippen LogP contribution in [0.3, 0.4) is 0 Å². The highest BCUT2D eigenvalue weighted by molar-refractivity contribution is 7.10. The van der Waals surface area contributed by atoms with Crippen molar-refractivity contribution < 1.29 is 4.79 Å². The molecule has 1 amide bonds. The quantitative estimate of drug-likeness (QED) is 0.740. The lowest BCUT2D eigenvalue weighted by molar-refractivity contribution is -0.131. The Morgan fingerprint density at radius 3 is 2.77 bits per heavy atom. The molecule has 0 aliphatic heterocycles. The van der Waals surface area contributed by atoms with Gasteiger partial charge in [0.15, 0.2) is 0 Å². The number of hydrogen-bond acceptors (Lipinski definition) is 3. The number of carbonyl (C=O) groups excluding carboxylic acids is 1. The first-order chi connectivity index (χ1) is 10.6. The third-order valence-corrected chi connectivity index (χ3v) is 4.92. The van der Waals surface area contributed by atoms with Gasteiger partial charge in [-0.15, -0.1) is 11.3 Å². The van der Waals surface area contributed by atoms with E-state index in [1.54, 1.807) is 16.2 Å². The van der Waals surface area contributed by atoms with Gasteiger partial charge in [0, 0.05) is 11.9 Å². The smallest absolute Gasteiger partial charge is 0.242 e. The zero-order chi connectivity index (χ0) is 15.7. The van der Waals surface area contributed by atoms with Crippen LogP contribution in [0.25, 0.3) is 11.0 Å². The summed E-state index contributed by atoms with van der Waals surface area (Å²) < 4.78 is 1.98. The van der Waals surface area contributed by atoms with Crippen molar-refractivity contribution in [1.29, 1.82) is 0 Å². The standard InChI is InChI=1S/C17H19N3OS/c1-12-8-9-22-16(12)10-19(3)17(21)11-20-13(2)18-14-6-4-5-7-15(14)20/h4-9H,10-11H2,1-3H3. The maximum atomic E-state index is 12.5. The van der Waals surface area contributed by atoms with E-state index < -0.39 is 0 Å². The number of hydrogen-bond donors (Lipinski definition) is 0. The molecule has 2 aromatic heterocycles. The molecule has 3 aromatic rings. The third kappa shape index (κ3) is 2.76. The first-order valence-electron chi connectivity index (χ1n) is 7.25. The Morgan fingerprint density at radius 2 is 2.05 bits per heavy atom. The second-order valence-corrected chi connectivity index (χ2v) is 6.51. The maximum Gasteiger partial charge on any atom is 0.242 e. The highest BCUT2D eigenvalue weighted by Gasteiger charge is 2.15. The molecular weight excluding hydrogens is 294 g/mol. The van der Waals surface area contributed by atoms with Gasteiger partial charge < -0.3 is 9.47 Å². The zero-order valence-corrected chi connectivity index (χ0v) is 13.9. The lowest BCUT2D eigenvalue weighted by atomic mass is 10.3. The number of carbonyl (C=O) groups is 1. The van der Waals surface area contributed by atoms with Crippen LogP contribution < -0.4 is 0 Å². The molecule has 22 heavy (non-hydrogen) atoms. The minimum absolute atomic E-state index is 0.0963. The van der Waals surface area contributed by atoms with E-state index >= 15 is 0 Å². The topological polar surface area (TPSA) is 38.1 Å². The molecule has 0 bridgehead atoms. The number of nitrogens with zero attached hydrogens (tertiary/aromatic N) is 3. The number of aryl methyl sites for hydroxylation is 2. The minimum Gasteiger partial charge on any atom is -0.339 e. The van der Waals surface area contributed by atoms with Crippen molar-refractivity contribution in [2.75, 3.05) is 7.05 Å². The summed E-state index contributed by atoms with van der Waals surface area (Å²) in [5.41, 5.74) is 3.19. The SMILES string of the molecule is Cc1ccsc1CN(C)C(=O)Cn1c(C)nc2ccccc21. The van der Waals surface area contributed by atoms with E-state index in [0.29, 0.717) is 13.1 Å². The van der Waals surface area contributed by atoms with Crippen LogP contribution in [0.2, 0.25) is 0 Å². The van der Waals surface area contributed by atoms with Crippen LogP contribution in [0.15, 0.2) is 35.7 Å². The second-order valence-electron chi connectivity index (χ2n) is 5.51. The number of likely N-dealkylation sites (N-methyl/N-ethyl adjacent to an activating group) is 1. The summed E-state index contributed by atoms with van der Waals surface area (Å²) in [5, 5.41) is 2.07. The van der Waals surface area contributed by atoms with E-state index in [0.717, 1.165) is 16.9 Å². The number of rotatable bonds is 4. The fraction of sp³-hybridized carbons (Fsp3) is 0.294. The van der Waals surface area contributed by atoms with Crippen LogP contribution in [0.5, 0.6) is 0 Å². The Kier molecular flexibility index (Phi) is 3.98. The lowest BCUT2D eigenvalue weighted by Crippen LogP contribution is -2.30. The number of amides is 1. The summed E-state index contributed by atoms with van der Waals surface area (Å²) in [5.74, 6) is 0.967. The Balaban J connectivity index is 1.78. The Labute approximate surface area is 134 Å². The summed E-state index contributed by atoms with van der Waals surface area (Å²) >= 11 is 1.70. The number of benzene rings is 1. The van der Waals surface area contributed by atoms with Gasteiger partial charge in [0.1, 0.15) is 12.4 Å². The summed E-state index contributed by atoms with van der Waals surface area (Å²) in [6, 6.07) is 10.0. The van der Waals surface area contributed by atoms with E-state index in [2.05, 4.69) is 23.4 Å². The molecule has 0 radical (unpaired) electrons. The molecule has 4 nitrogen and oxygen atoms in total. The molecule has 5 heteroatoms. The maximum absolute atomic E-state index is 12.5. The molecule has 0 aliphatic carbocycles. The molecule has 0 saturated heterocycles. The van der Waals surface area contributed by atoms with E-state index in [9.17, 15) is 4.79 Å². The highest BCUT2D eigenvalue weighted by atomic mass is 32.1. The molecule has 0 fully saturated rings. The minimum atomic E-state index is 0.0963. The fourth-order valence-electron chi connectivity index (χ4n) is 2.52. The van der Waals surface area contributed by atoms with E-state index in [1.807, 2.05) is 42.8 Å².